The maximum atomic E-state index is 15.0. The molecule has 2 heterocycles. The van der Waals surface area contributed by atoms with Gasteiger partial charge in [0.15, 0.2) is 0 Å². The number of halogens is 6. The first kappa shape index (κ1) is 29.7. The Labute approximate surface area is 247 Å². The highest BCUT2D eigenvalue weighted by atomic mass is 19.3. The molecule has 0 bridgehead atoms. The first-order chi connectivity index (χ1) is 21.1. The average molecular weight is 617 g/mol. The Hall–Kier alpha value is -4.39. The second-order valence-electron chi connectivity index (χ2n) is 10.8. The summed E-state index contributed by atoms with van der Waals surface area (Å²) < 4.78 is 91.8. The summed E-state index contributed by atoms with van der Waals surface area (Å²) in [6.07, 6.45) is -1.68. The first-order valence-corrected chi connectivity index (χ1v) is 13.9. The van der Waals surface area contributed by atoms with E-state index in [-0.39, 0.29) is 37.2 Å². The van der Waals surface area contributed by atoms with Gasteiger partial charge >= 0.3 is 0 Å². The Kier molecular flexibility index (Phi) is 7.82. The molecule has 2 unspecified atom stereocenters. The number of carbonyl (C=O) groups excluding carboxylic acids is 1. The summed E-state index contributed by atoms with van der Waals surface area (Å²) in [6.45, 7) is -0.849. The van der Waals surface area contributed by atoms with Crippen molar-refractivity contribution in [2.24, 2.45) is 5.92 Å². The van der Waals surface area contributed by atoms with Crippen LogP contribution in [0.3, 0.4) is 0 Å². The molecule has 13 heteroatoms. The molecule has 2 aliphatic carbocycles. The predicted octanol–water partition coefficient (Wildman–Crippen LogP) is 5.84. The van der Waals surface area contributed by atoms with Crippen molar-refractivity contribution in [3.63, 3.8) is 0 Å². The van der Waals surface area contributed by atoms with Crippen LogP contribution in [0.5, 0.6) is 5.75 Å². The number of benzene rings is 2. The van der Waals surface area contributed by atoms with Crippen molar-refractivity contribution < 1.29 is 41.0 Å². The number of ether oxygens (including phenoxy) is 1. The predicted molar refractivity (Wildman–Crippen MR) is 145 cm³/mol. The number of fused-ring (bicyclic) bond motifs is 3. The molecule has 3 atom stereocenters. The summed E-state index contributed by atoms with van der Waals surface area (Å²) in [7, 11) is 0. The molecule has 2 aromatic heterocycles. The number of aromatic nitrogens is 3. The highest BCUT2D eigenvalue weighted by Crippen LogP contribution is 2.68. The van der Waals surface area contributed by atoms with Crippen LogP contribution in [0.25, 0.3) is 11.1 Å². The van der Waals surface area contributed by atoms with Gasteiger partial charge in [-0.05, 0) is 60.2 Å². The second-order valence-corrected chi connectivity index (χ2v) is 10.8. The third kappa shape index (κ3) is 5.63. The second kappa shape index (κ2) is 11.6. The Balaban J connectivity index is 1.33. The van der Waals surface area contributed by atoms with Crippen LogP contribution in [-0.2, 0) is 23.7 Å². The van der Waals surface area contributed by atoms with Crippen molar-refractivity contribution >= 4 is 5.91 Å². The number of pyridine rings is 1. The first-order valence-electron chi connectivity index (χ1n) is 13.9. The van der Waals surface area contributed by atoms with Gasteiger partial charge in [0.25, 0.3) is 12.3 Å². The fourth-order valence-electron chi connectivity index (χ4n) is 5.97. The van der Waals surface area contributed by atoms with Gasteiger partial charge in [0.2, 0.25) is 5.91 Å². The fraction of sp³-hybridized carbons (Fsp3) is 0.323. The summed E-state index contributed by atoms with van der Waals surface area (Å²) in [6, 6.07) is 12.0. The van der Waals surface area contributed by atoms with Gasteiger partial charge in [-0.3, -0.25) is 14.5 Å². The molecular formula is C31H26F6N4O3. The van der Waals surface area contributed by atoms with Crippen LogP contribution in [0.4, 0.5) is 26.3 Å². The average Bonchev–Trinajstić information content (AvgIpc) is 3.64. The lowest BCUT2D eigenvalue weighted by Crippen LogP contribution is -2.35. The zero-order valence-corrected chi connectivity index (χ0v) is 23.0. The lowest BCUT2D eigenvalue weighted by atomic mass is 9.95. The van der Waals surface area contributed by atoms with Gasteiger partial charge in [-0.25, -0.2) is 17.6 Å². The summed E-state index contributed by atoms with van der Waals surface area (Å²) in [5.74, 6) is -7.21. The van der Waals surface area contributed by atoms with Crippen molar-refractivity contribution in [2.75, 3.05) is 13.2 Å². The number of nitrogens with one attached hydrogen (secondary N) is 1. The molecule has 1 saturated carbocycles. The molecule has 0 spiro atoms. The largest absolute Gasteiger partial charge is 0.491 e. The van der Waals surface area contributed by atoms with Crippen LogP contribution < -0.4 is 10.1 Å². The summed E-state index contributed by atoms with van der Waals surface area (Å²) in [5.41, 5.74) is 0.0870. The Morgan fingerprint density at radius 1 is 1.09 bits per heavy atom. The molecule has 0 aliphatic heterocycles. The fourth-order valence-corrected chi connectivity index (χ4v) is 5.97. The maximum absolute atomic E-state index is 15.0. The topological polar surface area (TPSA) is 89.3 Å². The van der Waals surface area contributed by atoms with E-state index in [2.05, 4.69) is 15.4 Å². The number of nitrogens with zero attached hydrogens (tertiary/aromatic N) is 3. The van der Waals surface area contributed by atoms with Gasteiger partial charge in [0.05, 0.1) is 18.3 Å². The minimum atomic E-state index is -3.40. The van der Waals surface area contributed by atoms with E-state index >= 15 is 8.78 Å². The van der Waals surface area contributed by atoms with Crippen LogP contribution in [0.1, 0.15) is 53.0 Å². The molecule has 0 saturated heterocycles. The zero-order valence-electron chi connectivity index (χ0n) is 23.0. The van der Waals surface area contributed by atoms with E-state index in [1.165, 1.54) is 6.20 Å². The molecule has 0 radical (unpaired) electrons. The molecule has 4 aromatic rings. The number of rotatable bonds is 11. The Morgan fingerprint density at radius 2 is 1.82 bits per heavy atom. The smallest absolute Gasteiger partial charge is 0.293 e. The number of hydrogen-bond acceptors (Lipinski definition) is 5. The number of alkyl halides is 4. The molecule has 7 nitrogen and oxygen atoms in total. The van der Waals surface area contributed by atoms with E-state index in [0.717, 1.165) is 12.1 Å². The summed E-state index contributed by atoms with van der Waals surface area (Å²) >= 11 is 0. The molecule has 2 N–H and O–H groups in total. The summed E-state index contributed by atoms with van der Waals surface area (Å²) in [4.78, 5) is 17.8. The van der Waals surface area contributed by atoms with E-state index < -0.39 is 65.7 Å². The van der Waals surface area contributed by atoms with Gasteiger partial charge in [0.1, 0.15) is 41.9 Å². The van der Waals surface area contributed by atoms with Gasteiger partial charge < -0.3 is 15.2 Å². The lowest BCUT2D eigenvalue weighted by molar-refractivity contribution is -0.123. The quantitative estimate of drug-likeness (QED) is 0.207. The standard InChI is InChI=1S/C31H26F6N4O3/c32-18-10-16(11-19(33)13-18)12-24(27-21(2-1-7-38-27)17-3-5-20(6-4-17)44-9-8-42)39-25(43)15-41-29-26(28(40-41)30(34)35)22-14-23(22)31(29,36)37/h1-7,10-11,13,22-24,30,42H,8-9,12,14-15H2,(H,39,43)/t22?,23?,24-/m0/s1. The monoisotopic (exact) mass is 616 g/mol. The number of aliphatic hydroxyl groups excluding tert-OH is 1. The van der Waals surface area contributed by atoms with E-state index in [9.17, 15) is 22.4 Å². The van der Waals surface area contributed by atoms with Crippen molar-refractivity contribution in [1.29, 1.82) is 0 Å². The van der Waals surface area contributed by atoms with E-state index in [1.54, 1.807) is 36.4 Å². The number of hydrogen-bond donors (Lipinski definition) is 2. The van der Waals surface area contributed by atoms with E-state index in [1.807, 2.05) is 0 Å². The zero-order chi connectivity index (χ0) is 31.2. The third-order valence-electron chi connectivity index (χ3n) is 7.85. The number of aliphatic hydroxyl groups is 1. The van der Waals surface area contributed by atoms with Crippen LogP contribution in [-0.4, -0.2) is 39.0 Å². The van der Waals surface area contributed by atoms with Crippen LogP contribution in [0.2, 0.25) is 0 Å². The van der Waals surface area contributed by atoms with Gasteiger partial charge in [-0.15, -0.1) is 0 Å². The highest BCUT2D eigenvalue weighted by Gasteiger charge is 2.67. The molecule has 1 fully saturated rings. The van der Waals surface area contributed by atoms with Crippen molar-refractivity contribution in [1.82, 2.24) is 20.1 Å². The van der Waals surface area contributed by atoms with Gasteiger partial charge in [-0.2, -0.15) is 13.9 Å². The van der Waals surface area contributed by atoms with Crippen molar-refractivity contribution in [2.45, 2.75) is 43.7 Å². The van der Waals surface area contributed by atoms with E-state index in [0.29, 0.717) is 33.3 Å². The molecule has 44 heavy (non-hydrogen) atoms. The molecular weight excluding hydrogens is 590 g/mol. The Bertz CT molecular complexity index is 1670. The Morgan fingerprint density at radius 3 is 2.50 bits per heavy atom. The molecule has 230 valence electrons. The summed E-state index contributed by atoms with van der Waals surface area (Å²) in [5, 5.41) is 15.4. The lowest BCUT2D eigenvalue weighted by Gasteiger charge is -2.22. The SMILES string of the molecule is O=C(Cn1nc(C(F)F)c2c1C(F)(F)C1CC21)N[C@@H](Cc1cc(F)cc(F)c1)c1ncccc1-c1ccc(OCCO)cc1. The minimum Gasteiger partial charge on any atom is -0.491 e. The van der Waals surface area contributed by atoms with Gasteiger partial charge in [-0.1, -0.05) is 18.2 Å². The maximum Gasteiger partial charge on any atom is 0.293 e. The number of amides is 1. The van der Waals surface area contributed by atoms with Crippen LogP contribution in [0.15, 0.2) is 60.8 Å². The molecule has 6 rings (SSSR count). The normalized spacial score (nSPS) is 18.5. The molecule has 1 amide bonds. The van der Waals surface area contributed by atoms with Crippen LogP contribution >= 0.6 is 0 Å². The molecule has 2 aliphatic rings. The molecule has 2 aromatic carbocycles. The van der Waals surface area contributed by atoms with Crippen molar-refractivity contribution in [3.05, 3.63) is 101 Å². The van der Waals surface area contributed by atoms with Gasteiger partial charge in [0, 0.05) is 29.3 Å². The third-order valence-corrected chi connectivity index (χ3v) is 7.85. The van der Waals surface area contributed by atoms with E-state index in [4.69, 9.17) is 9.84 Å². The minimum absolute atomic E-state index is 0.0842. The van der Waals surface area contributed by atoms with Crippen LogP contribution in [0, 0.1) is 17.6 Å². The highest BCUT2D eigenvalue weighted by molar-refractivity contribution is 5.77. The number of carbonyl (C=O) groups is 1. The van der Waals surface area contributed by atoms with Crippen molar-refractivity contribution in [3.8, 4) is 16.9 Å².